The van der Waals surface area contributed by atoms with Crippen LogP contribution in [0.1, 0.15) is 0 Å². The van der Waals surface area contributed by atoms with Gasteiger partial charge in [-0.25, -0.2) is 9.97 Å². The fraction of sp³-hybridized carbons (Fsp3) is 0.375. The topological polar surface area (TPSA) is 101 Å². The quantitative estimate of drug-likeness (QED) is 0.259. The summed E-state index contributed by atoms with van der Waals surface area (Å²) in [5, 5.41) is 0. The van der Waals surface area contributed by atoms with Crippen molar-refractivity contribution in [1.82, 2.24) is 29.7 Å². The summed E-state index contributed by atoms with van der Waals surface area (Å²) in [7, 11) is 0. The molecule has 0 unspecified atom stereocenters. The monoisotopic (exact) mass is 568 g/mol. The van der Waals surface area contributed by atoms with Crippen LogP contribution >= 0.6 is 0 Å². The summed E-state index contributed by atoms with van der Waals surface area (Å²) in [5.41, 5.74) is 5.76. The van der Waals surface area contributed by atoms with Crippen LogP contribution in [0.5, 0.6) is 11.5 Å². The van der Waals surface area contributed by atoms with Crippen LogP contribution in [0, 0.1) is 0 Å². The van der Waals surface area contributed by atoms with Crippen molar-refractivity contribution in [3.05, 3.63) is 60.7 Å². The van der Waals surface area contributed by atoms with E-state index in [-0.39, 0.29) is 0 Å². The van der Waals surface area contributed by atoms with Crippen LogP contribution in [0.4, 0.5) is 0 Å². The number of hydrogen-bond donors (Lipinski definition) is 2. The number of benzene rings is 3. The fourth-order valence-electron chi connectivity index (χ4n) is 5.45. The Balaban J connectivity index is 0.984. The van der Waals surface area contributed by atoms with Crippen LogP contribution in [0.15, 0.2) is 60.7 Å². The van der Waals surface area contributed by atoms with E-state index < -0.39 is 0 Å². The number of nitrogens with one attached hydrogen (secondary N) is 2. The number of nitrogens with zero attached hydrogens (tertiary/aromatic N) is 4. The van der Waals surface area contributed by atoms with Gasteiger partial charge in [-0.2, -0.15) is 0 Å². The second-order valence-corrected chi connectivity index (χ2v) is 10.7. The molecule has 0 saturated carbocycles. The lowest BCUT2D eigenvalue weighted by atomic mass is 10.1. The van der Waals surface area contributed by atoms with Crippen molar-refractivity contribution < 1.29 is 18.9 Å². The van der Waals surface area contributed by atoms with Crippen molar-refractivity contribution in [3.8, 4) is 34.3 Å². The molecule has 42 heavy (non-hydrogen) atoms. The fourth-order valence-corrected chi connectivity index (χ4v) is 5.45. The molecule has 2 aliphatic rings. The molecule has 2 fully saturated rings. The Bertz CT molecular complexity index is 1500. The van der Waals surface area contributed by atoms with Crippen LogP contribution in [0.3, 0.4) is 0 Å². The highest BCUT2D eigenvalue weighted by molar-refractivity contribution is 5.82. The average Bonchev–Trinajstić information content (AvgIpc) is 3.66. The number of ether oxygens (including phenoxy) is 4. The van der Waals surface area contributed by atoms with Crippen LogP contribution < -0.4 is 9.47 Å². The molecule has 2 saturated heterocycles. The second-order valence-electron chi connectivity index (χ2n) is 10.7. The Labute approximate surface area is 244 Å². The van der Waals surface area contributed by atoms with Crippen LogP contribution in [-0.4, -0.2) is 109 Å². The van der Waals surface area contributed by atoms with E-state index in [1.165, 1.54) is 0 Å². The minimum atomic E-state index is 0.652. The molecule has 0 bridgehead atoms. The van der Waals surface area contributed by atoms with Gasteiger partial charge in [0.1, 0.15) is 36.4 Å². The summed E-state index contributed by atoms with van der Waals surface area (Å²) in [6.45, 7) is 10.2. The maximum Gasteiger partial charge on any atom is 0.138 e. The van der Waals surface area contributed by atoms with Crippen molar-refractivity contribution in [1.29, 1.82) is 0 Å². The lowest BCUT2D eigenvalue weighted by Crippen LogP contribution is -2.38. The minimum absolute atomic E-state index is 0.652. The van der Waals surface area contributed by atoms with E-state index in [1.807, 2.05) is 36.4 Å². The first-order valence-corrected chi connectivity index (χ1v) is 14.7. The van der Waals surface area contributed by atoms with E-state index in [0.29, 0.717) is 13.2 Å². The molecule has 3 aromatic carbocycles. The summed E-state index contributed by atoms with van der Waals surface area (Å²) < 4.78 is 22.9. The van der Waals surface area contributed by atoms with Gasteiger partial charge in [-0.15, -0.1) is 0 Å². The number of morpholine rings is 2. The Morgan fingerprint density at radius 2 is 1.02 bits per heavy atom. The molecule has 2 aromatic heterocycles. The van der Waals surface area contributed by atoms with Crippen molar-refractivity contribution in [2.45, 2.75) is 0 Å². The smallest absolute Gasteiger partial charge is 0.138 e. The van der Waals surface area contributed by atoms with Crippen molar-refractivity contribution in [3.63, 3.8) is 0 Å². The Morgan fingerprint density at radius 3 is 1.45 bits per heavy atom. The highest BCUT2D eigenvalue weighted by atomic mass is 16.5. The summed E-state index contributed by atoms with van der Waals surface area (Å²) >= 11 is 0. The molecule has 218 valence electrons. The number of H-pyrrole nitrogens is 2. The first-order valence-electron chi connectivity index (χ1n) is 14.7. The maximum atomic E-state index is 6.02. The minimum Gasteiger partial charge on any atom is -0.492 e. The maximum absolute atomic E-state index is 6.02. The number of aromatic amines is 2. The first kappa shape index (κ1) is 26.9. The summed E-state index contributed by atoms with van der Waals surface area (Å²) in [6, 6.07) is 20.3. The molecule has 4 heterocycles. The molecule has 0 spiro atoms. The number of aromatic nitrogens is 4. The van der Waals surface area contributed by atoms with Gasteiger partial charge < -0.3 is 28.9 Å². The summed E-state index contributed by atoms with van der Waals surface area (Å²) in [6.07, 6.45) is 0. The Morgan fingerprint density at radius 1 is 0.595 bits per heavy atom. The molecule has 0 atom stereocenters. The molecule has 0 amide bonds. The molecule has 10 nitrogen and oxygen atoms in total. The molecule has 10 heteroatoms. The molecular weight excluding hydrogens is 532 g/mol. The predicted octanol–water partition coefficient (Wildman–Crippen LogP) is 4.20. The van der Waals surface area contributed by atoms with Crippen LogP contribution in [0.2, 0.25) is 0 Å². The third-order valence-corrected chi connectivity index (χ3v) is 7.90. The predicted molar refractivity (Wildman–Crippen MR) is 162 cm³/mol. The van der Waals surface area contributed by atoms with E-state index in [2.05, 4.69) is 44.0 Å². The van der Waals surface area contributed by atoms with E-state index in [4.69, 9.17) is 28.9 Å². The van der Waals surface area contributed by atoms with Gasteiger partial charge in [-0.05, 0) is 24.3 Å². The lowest BCUT2D eigenvalue weighted by Gasteiger charge is -2.26. The molecule has 7 rings (SSSR count). The van der Waals surface area contributed by atoms with E-state index >= 15 is 0 Å². The van der Waals surface area contributed by atoms with Gasteiger partial charge in [0.15, 0.2) is 0 Å². The zero-order valence-corrected chi connectivity index (χ0v) is 23.7. The molecule has 2 aliphatic heterocycles. The summed E-state index contributed by atoms with van der Waals surface area (Å²) in [5.74, 6) is 3.34. The van der Waals surface area contributed by atoms with Gasteiger partial charge in [-0.3, -0.25) is 9.80 Å². The zero-order valence-electron chi connectivity index (χ0n) is 23.7. The van der Waals surface area contributed by atoms with Gasteiger partial charge in [0.05, 0.1) is 48.5 Å². The number of rotatable bonds is 10. The molecule has 5 aromatic rings. The third kappa shape index (κ3) is 6.27. The number of imidazole rings is 2. The highest BCUT2D eigenvalue weighted by Crippen LogP contribution is 2.28. The van der Waals surface area contributed by atoms with Gasteiger partial charge in [0, 0.05) is 62.5 Å². The van der Waals surface area contributed by atoms with Gasteiger partial charge >= 0.3 is 0 Å². The second kappa shape index (κ2) is 12.5. The normalized spacial score (nSPS) is 16.8. The van der Waals surface area contributed by atoms with Crippen LogP contribution in [0.25, 0.3) is 44.8 Å². The van der Waals surface area contributed by atoms with E-state index in [1.54, 1.807) is 0 Å². The molecule has 0 radical (unpaired) electrons. The molecule has 2 N–H and O–H groups in total. The van der Waals surface area contributed by atoms with Gasteiger partial charge in [0.25, 0.3) is 0 Å². The zero-order chi connectivity index (χ0) is 28.1. The van der Waals surface area contributed by atoms with Gasteiger partial charge in [-0.1, -0.05) is 24.3 Å². The first-order chi connectivity index (χ1) is 20.8. The van der Waals surface area contributed by atoms with E-state index in [9.17, 15) is 0 Å². The molecular formula is C32H36N6O4. The molecule has 0 aliphatic carbocycles. The largest absolute Gasteiger partial charge is 0.492 e. The SMILES string of the molecule is c1cc2nc(-c3ccc(-c4nc5ccc(OCCN6CCOCC6)cc5[nH]4)cc3)[nH]c2cc1OCCN1CCOCC1. The number of fused-ring (bicyclic) bond motifs is 2. The summed E-state index contributed by atoms with van der Waals surface area (Å²) in [4.78, 5) is 21.2. The average molecular weight is 569 g/mol. The van der Waals surface area contributed by atoms with Crippen molar-refractivity contribution in [2.24, 2.45) is 0 Å². The van der Waals surface area contributed by atoms with Crippen molar-refractivity contribution >= 4 is 22.1 Å². The third-order valence-electron chi connectivity index (χ3n) is 7.90. The number of hydrogen-bond acceptors (Lipinski definition) is 8. The van der Waals surface area contributed by atoms with E-state index in [0.717, 1.165) is 122 Å². The van der Waals surface area contributed by atoms with Crippen LogP contribution in [-0.2, 0) is 9.47 Å². The van der Waals surface area contributed by atoms with Crippen molar-refractivity contribution in [2.75, 3.05) is 78.9 Å². The highest BCUT2D eigenvalue weighted by Gasteiger charge is 2.13. The Kier molecular flexibility index (Phi) is 8.01. The Hall–Kier alpha value is -3.96. The van der Waals surface area contributed by atoms with Gasteiger partial charge in [0.2, 0.25) is 0 Å². The lowest BCUT2D eigenvalue weighted by molar-refractivity contribution is 0.0322. The standard InChI is InChI=1S/C32H36N6O4/c1-2-24(32-34-28-8-6-26(22-30(28)36-32)42-20-14-38-11-17-40-18-12-38)4-3-23(1)31-33-27-7-5-25(21-29(27)35-31)41-19-13-37-9-15-39-16-10-37/h1-8,21-22H,9-20H2,(H,33,35)(H,34,36).